The van der Waals surface area contributed by atoms with Crippen molar-refractivity contribution in [3.05, 3.63) is 65.5 Å². The monoisotopic (exact) mass is 450 g/mol. The largest absolute Gasteiger partial charge is 0.573 e. The number of ether oxygens (including phenoxy) is 2. The van der Waals surface area contributed by atoms with Gasteiger partial charge in [-0.15, -0.1) is 13.2 Å². The van der Waals surface area contributed by atoms with E-state index in [0.29, 0.717) is 16.3 Å². The molecule has 0 spiro atoms. The third kappa shape index (κ3) is 5.02. The minimum Gasteiger partial charge on any atom is -0.479 e. The highest BCUT2D eigenvalue weighted by Gasteiger charge is 2.35. The summed E-state index contributed by atoms with van der Waals surface area (Å²) in [5.74, 6) is -3.56. The predicted molar refractivity (Wildman–Crippen MR) is 112 cm³/mol. The van der Waals surface area contributed by atoms with Crippen LogP contribution >= 0.6 is 0 Å². The lowest BCUT2D eigenvalue weighted by molar-refractivity contribution is -0.275. The average Bonchev–Trinajstić information content (AvgIpc) is 2.65. The summed E-state index contributed by atoms with van der Waals surface area (Å²) in [6.07, 6.45) is -6.57. The number of carbonyl (C=O) groups is 1. The maximum absolute atomic E-state index is 15.3. The van der Waals surface area contributed by atoms with Crippen LogP contribution in [0.15, 0.2) is 48.5 Å². The van der Waals surface area contributed by atoms with Gasteiger partial charge in [0.2, 0.25) is 0 Å². The summed E-state index contributed by atoms with van der Waals surface area (Å²) in [4.78, 5) is 12.2. The number of hydrogen-bond donors (Lipinski definition) is 1. The highest BCUT2D eigenvalue weighted by Crippen LogP contribution is 2.43. The topological polar surface area (TPSA) is 55.8 Å². The minimum atomic E-state index is -5.09. The van der Waals surface area contributed by atoms with Crippen LogP contribution in [0.5, 0.6) is 5.75 Å². The van der Waals surface area contributed by atoms with Crippen molar-refractivity contribution in [2.45, 2.75) is 45.8 Å². The predicted octanol–water partition coefficient (Wildman–Crippen LogP) is 6.79. The molecule has 0 heterocycles. The molecule has 4 nitrogen and oxygen atoms in total. The highest BCUT2D eigenvalue weighted by atomic mass is 19.4. The number of fused-ring (bicyclic) bond motifs is 1. The number of carboxylic acids is 1. The number of aliphatic carboxylic acids is 1. The Balaban J connectivity index is 2.39. The standard InChI is InChI=1S/C24H22F4O4/c1-13-12-14-8-5-6-9-15(14)19(18(13)21(22(29)30)32-23(2,3)4)16-10-7-11-17(20(16)25)31-24(26,27)28/h5-12,21H,1-4H3,(H,29,30). The van der Waals surface area contributed by atoms with Crippen LogP contribution in [-0.4, -0.2) is 23.0 Å². The molecule has 0 bridgehead atoms. The Morgan fingerprint density at radius 2 is 1.69 bits per heavy atom. The van der Waals surface area contributed by atoms with E-state index < -0.39 is 35.6 Å². The Labute approximate surface area is 182 Å². The quantitative estimate of drug-likeness (QED) is 0.435. The molecule has 0 aliphatic rings. The van der Waals surface area contributed by atoms with Gasteiger partial charge in [0.05, 0.1) is 5.60 Å². The molecule has 0 aliphatic heterocycles. The van der Waals surface area contributed by atoms with Crippen molar-refractivity contribution < 1.29 is 36.9 Å². The third-order valence-electron chi connectivity index (χ3n) is 4.71. The molecule has 170 valence electrons. The van der Waals surface area contributed by atoms with E-state index in [1.54, 1.807) is 58.0 Å². The molecule has 1 atom stereocenters. The van der Waals surface area contributed by atoms with Crippen LogP contribution < -0.4 is 4.74 Å². The van der Waals surface area contributed by atoms with E-state index >= 15 is 4.39 Å². The Hall–Kier alpha value is -3.13. The fraction of sp³-hybridized carbons (Fsp3) is 0.292. The van der Waals surface area contributed by atoms with Crippen LogP contribution in [0.2, 0.25) is 0 Å². The van der Waals surface area contributed by atoms with Crippen molar-refractivity contribution in [3.8, 4) is 16.9 Å². The van der Waals surface area contributed by atoms with E-state index in [0.717, 1.165) is 6.07 Å². The second kappa shape index (κ2) is 8.43. The molecule has 32 heavy (non-hydrogen) atoms. The van der Waals surface area contributed by atoms with Gasteiger partial charge in [-0.05, 0) is 55.7 Å². The molecule has 1 N–H and O–H groups in total. The molecule has 0 fully saturated rings. The summed E-state index contributed by atoms with van der Waals surface area (Å²) in [6, 6.07) is 12.0. The van der Waals surface area contributed by atoms with Crippen LogP contribution in [0.1, 0.15) is 38.0 Å². The SMILES string of the molecule is Cc1cc2ccccc2c(-c2cccc(OC(F)(F)F)c2F)c1C(OC(C)(C)C)C(=O)O. The van der Waals surface area contributed by atoms with Gasteiger partial charge in [0, 0.05) is 11.1 Å². The van der Waals surface area contributed by atoms with Crippen LogP contribution in [0.4, 0.5) is 17.6 Å². The van der Waals surface area contributed by atoms with Crippen molar-refractivity contribution in [1.82, 2.24) is 0 Å². The van der Waals surface area contributed by atoms with Crippen molar-refractivity contribution >= 4 is 16.7 Å². The molecule has 0 saturated heterocycles. The fourth-order valence-electron chi connectivity index (χ4n) is 3.63. The third-order valence-corrected chi connectivity index (χ3v) is 4.71. The average molecular weight is 450 g/mol. The number of aryl methyl sites for hydroxylation is 1. The van der Waals surface area contributed by atoms with Gasteiger partial charge in [-0.2, -0.15) is 0 Å². The van der Waals surface area contributed by atoms with Crippen LogP contribution in [0, 0.1) is 12.7 Å². The number of hydrogen-bond acceptors (Lipinski definition) is 3. The summed E-state index contributed by atoms with van der Waals surface area (Å²) >= 11 is 0. The van der Waals surface area contributed by atoms with Gasteiger partial charge in [0.25, 0.3) is 0 Å². The lowest BCUT2D eigenvalue weighted by Gasteiger charge is -2.28. The summed E-state index contributed by atoms with van der Waals surface area (Å²) in [5, 5.41) is 11.1. The van der Waals surface area contributed by atoms with Gasteiger partial charge in [0.1, 0.15) is 0 Å². The molecule has 0 aliphatic carbocycles. The first kappa shape index (κ1) is 23.5. The molecular weight excluding hydrogens is 428 g/mol. The summed E-state index contributed by atoms with van der Waals surface area (Å²) in [7, 11) is 0. The molecular formula is C24H22F4O4. The highest BCUT2D eigenvalue weighted by molar-refractivity contribution is 6.01. The van der Waals surface area contributed by atoms with Gasteiger partial charge >= 0.3 is 12.3 Å². The zero-order valence-corrected chi connectivity index (χ0v) is 17.9. The molecule has 0 amide bonds. The van der Waals surface area contributed by atoms with Crippen molar-refractivity contribution in [2.24, 2.45) is 0 Å². The van der Waals surface area contributed by atoms with Crippen molar-refractivity contribution in [2.75, 3.05) is 0 Å². The lowest BCUT2D eigenvalue weighted by Crippen LogP contribution is -2.28. The summed E-state index contributed by atoms with van der Waals surface area (Å²) in [6.45, 7) is 6.69. The van der Waals surface area contributed by atoms with Gasteiger partial charge in [-0.25, -0.2) is 9.18 Å². The van der Waals surface area contributed by atoms with E-state index in [1.165, 1.54) is 12.1 Å². The first-order chi connectivity index (χ1) is 14.8. The zero-order valence-electron chi connectivity index (χ0n) is 17.9. The number of alkyl halides is 3. The van der Waals surface area contributed by atoms with Gasteiger partial charge in [0.15, 0.2) is 17.7 Å². The Morgan fingerprint density at radius 3 is 2.28 bits per heavy atom. The molecule has 3 aromatic rings. The number of benzene rings is 3. The van der Waals surface area contributed by atoms with E-state index in [-0.39, 0.29) is 16.7 Å². The normalized spacial score (nSPS) is 13.2. The van der Waals surface area contributed by atoms with Crippen LogP contribution in [0.3, 0.4) is 0 Å². The first-order valence-corrected chi connectivity index (χ1v) is 9.76. The van der Waals surface area contributed by atoms with Crippen molar-refractivity contribution in [3.63, 3.8) is 0 Å². The van der Waals surface area contributed by atoms with E-state index in [1.807, 2.05) is 0 Å². The van der Waals surface area contributed by atoms with Gasteiger partial charge in [-0.1, -0.05) is 42.5 Å². The summed E-state index contributed by atoms with van der Waals surface area (Å²) in [5.41, 5.74) is -0.281. The van der Waals surface area contributed by atoms with Crippen molar-refractivity contribution in [1.29, 1.82) is 0 Å². The number of halogens is 4. The molecule has 1 unspecified atom stereocenters. The van der Waals surface area contributed by atoms with E-state index in [4.69, 9.17) is 4.74 Å². The lowest BCUT2D eigenvalue weighted by atomic mass is 9.87. The van der Waals surface area contributed by atoms with E-state index in [2.05, 4.69) is 4.74 Å². The zero-order chi connectivity index (χ0) is 23.8. The van der Waals surface area contributed by atoms with Crippen LogP contribution in [-0.2, 0) is 9.53 Å². The second-order valence-electron chi connectivity index (χ2n) is 8.32. The summed E-state index contributed by atoms with van der Waals surface area (Å²) < 4.78 is 63.3. The molecule has 8 heteroatoms. The van der Waals surface area contributed by atoms with Crippen LogP contribution in [0.25, 0.3) is 21.9 Å². The minimum absolute atomic E-state index is 0.141. The maximum Gasteiger partial charge on any atom is 0.573 e. The van der Waals surface area contributed by atoms with E-state index in [9.17, 15) is 23.1 Å². The Kier molecular flexibility index (Phi) is 6.20. The second-order valence-corrected chi connectivity index (χ2v) is 8.32. The molecule has 0 saturated carbocycles. The first-order valence-electron chi connectivity index (χ1n) is 9.76. The Morgan fingerprint density at radius 1 is 1.03 bits per heavy atom. The Bertz CT molecular complexity index is 1160. The molecule has 0 aromatic heterocycles. The van der Waals surface area contributed by atoms with Gasteiger partial charge < -0.3 is 14.6 Å². The number of carboxylic acid groups (broad SMARTS) is 1. The fourth-order valence-corrected chi connectivity index (χ4v) is 3.63. The number of rotatable bonds is 5. The van der Waals surface area contributed by atoms with Gasteiger partial charge in [-0.3, -0.25) is 0 Å². The molecule has 3 rings (SSSR count). The smallest absolute Gasteiger partial charge is 0.479 e. The maximum atomic E-state index is 15.3. The molecule has 0 radical (unpaired) electrons. The molecule has 3 aromatic carbocycles.